The molecular weight excluding hydrogens is 162 g/mol. The van der Waals surface area contributed by atoms with Gasteiger partial charge >= 0.3 is 0 Å². The maximum atomic E-state index is 5.51. The Morgan fingerprint density at radius 3 is 2.92 bits per heavy atom. The average molecular weight is 175 g/mol. The molecule has 2 nitrogen and oxygen atoms in total. The van der Waals surface area contributed by atoms with Crippen LogP contribution in [0.5, 0.6) is 0 Å². The first-order valence-corrected chi connectivity index (χ1v) is 4.49. The highest BCUT2D eigenvalue weighted by molar-refractivity contribution is 5.78. The Hall–Kier alpha value is -1.28. The fraction of sp³-hybridized carbons (Fsp3) is 0.273. The minimum absolute atomic E-state index is 0.686. The maximum absolute atomic E-state index is 5.51. The van der Waals surface area contributed by atoms with Crippen molar-refractivity contribution in [2.24, 2.45) is 5.73 Å². The van der Waals surface area contributed by atoms with E-state index in [9.17, 15) is 0 Å². The maximum Gasteiger partial charge on any atom is 0.134 e. The molecule has 0 aliphatic carbocycles. The molecular formula is C11H13NO. The van der Waals surface area contributed by atoms with Crippen LogP contribution in [0.3, 0.4) is 0 Å². The standard InChI is InChI=1S/C11H13NO/c1-8-6-10-3-2-9(4-5-12)7-11(10)13-8/h2-3,6-7H,4-5,12H2,1H3. The van der Waals surface area contributed by atoms with Crippen LogP contribution in [0.4, 0.5) is 0 Å². The number of nitrogens with two attached hydrogens (primary N) is 1. The van der Waals surface area contributed by atoms with Crippen molar-refractivity contribution >= 4 is 11.0 Å². The SMILES string of the molecule is Cc1cc2ccc(CCN)cc2o1. The second-order valence-electron chi connectivity index (χ2n) is 3.27. The smallest absolute Gasteiger partial charge is 0.134 e. The molecule has 0 fully saturated rings. The molecule has 0 saturated heterocycles. The van der Waals surface area contributed by atoms with Crippen molar-refractivity contribution < 1.29 is 4.42 Å². The normalized spacial score (nSPS) is 10.9. The van der Waals surface area contributed by atoms with Crippen LogP contribution in [0.1, 0.15) is 11.3 Å². The molecule has 2 heteroatoms. The van der Waals surface area contributed by atoms with Crippen molar-refractivity contribution in [3.8, 4) is 0 Å². The molecule has 0 bridgehead atoms. The largest absolute Gasteiger partial charge is 0.461 e. The van der Waals surface area contributed by atoms with Crippen LogP contribution >= 0.6 is 0 Å². The number of benzene rings is 1. The lowest BCUT2D eigenvalue weighted by molar-refractivity contribution is 0.578. The van der Waals surface area contributed by atoms with Crippen molar-refractivity contribution in [1.29, 1.82) is 0 Å². The Balaban J connectivity index is 2.48. The van der Waals surface area contributed by atoms with Crippen LogP contribution in [-0.4, -0.2) is 6.54 Å². The molecule has 1 aromatic carbocycles. The third-order valence-electron chi connectivity index (χ3n) is 2.14. The van der Waals surface area contributed by atoms with E-state index in [-0.39, 0.29) is 0 Å². The summed E-state index contributed by atoms with van der Waals surface area (Å²) in [6, 6.07) is 8.29. The number of furan rings is 1. The molecule has 0 aliphatic heterocycles. The highest BCUT2D eigenvalue weighted by atomic mass is 16.3. The molecule has 0 spiro atoms. The predicted molar refractivity (Wildman–Crippen MR) is 53.7 cm³/mol. The Labute approximate surface area is 77.3 Å². The van der Waals surface area contributed by atoms with Crippen molar-refractivity contribution in [2.45, 2.75) is 13.3 Å². The van der Waals surface area contributed by atoms with Gasteiger partial charge in [0.1, 0.15) is 11.3 Å². The minimum atomic E-state index is 0.686. The molecule has 0 amide bonds. The van der Waals surface area contributed by atoms with Crippen molar-refractivity contribution in [1.82, 2.24) is 0 Å². The minimum Gasteiger partial charge on any atom is -0.461 e. The van der Waals surface area contributed by atoms with Gasteiger partial charge in [0.2, 0.25) is 0 Å². The second-order valence-corrected chi connectivity index (χ2v) is 3.27. The van der Waals surface area contributed by atoms with E-state index in [1.54, 1.807) is 0 Å². The zero-order chi connectivity index (χ0) is 9.26. The fourth-order valence-electron chi connectivity index (χ4n) is 1.53. The molecule has 0 saturated carbocycles. The van der Waals surface area contributed by atoms with Gasteiger partial charge in [-0.25, -0.2) is 0 Å². The van der Waals surface area contributed by atoms with Gasteiger partial charge in [-0.05, 0) is 37.6 Å². The number of hydrogen-bond acceptors (Lipinski definition) is 2. The van der Waals surface area contributed by atoms with Crippen LogP contribution in [0, 0.1) is 6.92 Å². The zero-order valence-electron chi connectivity index (χ0n) is 7.71. The number of aryl methyl sites for hydroxylation is 1. The van der Waals surface area contributed by atoms with Gasteiger partial charge in [-0.1, -0.05) is 12.1 Å². The molecule has 0 aliphatic rings. The van der Waals surface area contributed by atoms with Crippen LogP contribution < -0.4 is 5.73 Å². The van der Waals surface area contributed by atoms with E-state index < -0.39 is 0 Å². The van der Waals surface area contributed by atoms with Crippen LogP contribution in [-0.2, 0) is 6.42 Å². The third-order valence-corrected chi connectivity index (χ3v) is 2.14. The number of hydrogen-bond donors (Lipinski definition) is 1. The Morgan fingerprint density at radius 2 is 2.15 bits per heavy atom. The second kappa shape index (κ2) is 3.23. The summed E-state index contributed by atoms with van der Waals surface area (Å²) in [4.78, 5) is 0. The van der Waals surface area contributed by atoms with Crippen molar-refractivity contribution in [3.63, 3.8) is 0 Å². The summed E-state index contributed by atoms with van der Waals surface area (Å²) in [5.74, 6) is 0.958. The summed E-state index contributed by atoms with van der Waals surface area (Å²) in [5.41, 5.74) is 7.68. The van der Waals surface area contributed by atoms with E-state index in [0.717, 1.165) is 17.8 Å². The third kappa shape index (κ3) is 1.58. The molecule has 2 aromatic rings. The van der Waals surface area contributed by atoms with Crippen LogP contribution in [0.2, 0.25) is 0 Å². The summed E-state index contributed by atoms with van der Waals surface area (Å²) in [5, 5.41) is 1.17. The molecule has 0 unspecified atom stereocenters. The molecule has 1 aromatic heterocycles. The molecule has 1 heterocycles. The average Bonchev–Trinajstić information content (AvgIpc) is 2.44. The van der Waals surface area contributed by atoms with E-state index in [0.29, 0.717) is 6.54 Å². The molecule has 13 heavy (non-hydrogen) atoms. The Kier molecular flexibility index (Phi) is 2.07. The topological polar surface area (TPSA) is 39.2 Å². The summed E-state index contributed by atoms with van der Waals surface area (Å²) in [6.07, 6.45) is 0.912. The Morgan fingerprint density at radius 1 is 1.31 bits per heavy atom. The van der Waals surface area contributed by atoms with Gasteiger partial charge in [0, 0.05) is 5.39 Å². The van der Waals surface area contributed by atoms with Gasteiger partial charge in [-0.3, -0.25) is 0 Å². The van der Waals surface area contributed by atoms with Gasteiger partial charge in [0.15, 0.2) is 0 Å². The lowest BCUT2D eigenvalue weighted by Gasteiger charge is -1.96. The summed E-state index contributed by atoms with van der Waals surface area (Å²) >= 11 is 0. The molecule has 0 radical (unpaired) electrons. The zero-order valence-corrected chi connectivity index (χ0v) is 7.71. The first-order valence-electron chi connectivity index (χ1n) is 4.49. The van der Waals surface area contributed by atoms with E-state index in [1.165, 1.54) is 10.9 Å². The quantitative estimate of drug-likeness (QED) is 0.760. The highest BCUT2D eigenvalue weighted by Gasteiger charge is 2.00. The first-order chi connectivity index (χ1) is 6.29. The number of rotatable bonds is 2. The van der Waals surface area contributed by atoms with E-state index in [4.69, 9.17) is 10.2 Å². The fourth-order valence-corrected chi connectivity index (χ4v) is 1.53. The van der Waals surface area contributed by atoms with Gasteiger partial charge < -0.3 is 10.2 Å². The van der Waals surface area contributed by atoms with E-state index >= 15 is 0 Å². The molecule has 0 atom stereocenters. The van der Waals surface area contributed by atoms with Gasteiger partial charge in [-0.15, -0.1) is 0 Å². The van der Waals surface area contributed by atoms with Crippen molar-refractivity contribution in [2.75, 3.05) is 6.54 Å². The summed E-state index contributed by atoms with van der Waals surface area (Å²) in [7, 11) is 0. The van der Waals surface area contributed by atoms with Gasteiger partial charge in [0.25, 0.3) is 0 Å². The highest BCUT2D eigenvalue weighted by Crippen LogP contribution is 2.20. The number of fused-ring (bicyclic) bond motifs is 1. The Bertz CT molecular complexity index is 417. The van der Waals surface area contributed by atoms with E-state index in [1.807, 2.05) is 13.0 Å². The van der Waals surface area contributed by atoms with Crippen molar-refractivity contribution in [3.05, 3.63) is 35.6 Å². The van der Waals surface area contributed by atoms with Gasteiger partial charge in [-0.2, -0.15) is 0 Å². The lowest BCUT2D eigenvalue weighted by Crippen LogP contribution is -2.02. The molecule has 2 N–H and O–H groups in total. The van der Waals surface area contributed by atoms with Gasteiger partial charge in [0.05, 0.1) is 0 Å². The van der Waals surface area contributed by atoms with Crippen LogP contribution in [0.25, 0.3) is 11.0 Å². The predicted octanol–water partition coefficient (Wildman–Crippen LogP) is 2.24. The van der Waals surface area contributed by atoms with Crippen LogP contribution in [0.15, 0.2) is 28.7 Å². The summed E-state index contributed by atoms with van der Waals surface area (Å²) < 4.78 is 5.51. The first kappa shape index (κ1) is 8.32. The lowest BCUT2D eigenvalue weighted by atomic mass is 10.1. The summed E-state index contributed by atoms with van der Waals surface area (Å²) in [6.45, 7) is 2.65. The van der Waals surface area contributed by atoms with E-state index in [2.05, 4.69) is 18.2 Å². The monoisotopic (exact) mass is 175 g/mol. The molecule has 68 valence electrons. The molecule has 2 rings (SSSR count).